The van der Waals surface area contributed by atoms with Crippen molar-refractivity contribution < 1.29 is 9.90 Å². The van der Waals surface area contributed by atoms with Gasteiger partial charge in [-0.05, 0) is 42.2 Å². The largest absolute Gasteiger partial charge is 0.392 e. The van der Waals surface area contributed by atoms with Crippen LogP contribution in [0.1, 0.15) is 56.9 Å². The molecule has 3 nitrogen and oxygen atoms in total. The lowest BCUT2D eigenvalue weighted by Gasteiger charge is -2.34. The van der Waals surface area contributed by atoms with Gasteiger partial charge in [0.05, 0.1) is 12.0 Å². The maximum Gasteiger partial charge on any atom is 0.227 e. The highest BCUT2D eigenvalue weighted by molar-refractivity contribution is 7.10. The molecule has 1 amide bonds. The van der Waals surface area contributed by atoms with Crippen molar-refractivity contribution in [2.24, 2.45) is 11.3 Å². The Kier molecular flexibility index (Phi) is 5.10. The summed E-state index contributed by atoms with van der Waals surface area (Å²) in [6, 6.07) is 2.09. The topological polar surface area (TPSA) is 49.3 Å². The molecule has 0 spiro atoms. The molecule has 1 aliphatic carbocycles. The summed E-state index contributed by atoms with van der Waals surface area (Å²) in [6.45, 7) is 8.55. The lowest BCUT2D eigenvalue weighted by Crippen LogP contribution is -2.44. The predicted molar refractivity (Wildman–Crippen MR) is 87.6 cm³/mol. The van der Waals surface area contributed by atoms with E-state index < -0.39 is 6.10 Å². The SMILES string of the molecule is CC(C)C(O)C(C)(C)CNC(=O)C1CCCc2sccc21. The van der Waals surface area contributed by atoms with Crippen molar-refractivity contribution in [3.8, 4) is 0 Å². The summed E-state index contributed by atoms with van der Waals surface area (Å²) in [7, 11) is 0. The average molecular weight is 309 g/mol. The molecule has 0 radical (unpaired) electrons. The molecule has 2 N–H and O–H groups in total. The van der Waals surface area contributed by atoms with Crippen LogP contribution in [0, 0.1) is 11.3 Å². The Morgan fingerprint density at radius 1 is 1.52 bits per heavy atom. The van der Waals surface area contributed by atoms with Crippen LogP contribution in [-0.2, 0) is 11.2 Å². The number of thiophene rings is 1. The third-order valence-electron chi connectivity index (χ3n) is 4.52. The van der Waals surface area contributed by atoms with Gasteiger partial charge in [-0.25, -0.2) is 0 Å². The molecule has 0 saturated heterocycles. The summed E-state index contributed by atoms with van der Waals surface area (Å²) >= 11 is 1.76. The predicted octanol–water partition coefficient (Wildman–Crippen LogP) is 3.33. The van der Waals surface area contributed by atoms with Crippen molar-refractivity contribution in [1.29, 1.82) is 0 Å². The number of fused-ring (bicyclic) bond motifs is 1. The number of rotatable bonds is 5. The Morgan fingerprint density at radius 2 is 2.24 bits per heavy atom. The number of amides is 1. The zero-order valence-electron chi connectivity index (χ0n) is 13.5. The minimum atomic E-state index is -0.416. The number of nitrogens with one attached hydrogen (secondary N) is 1. The molecule has 4 heteroatoms. The van der Waals surface area contributed by atoms with E-state index >= 15 is 0 Å². The maximum absolute atomic E-state index is 12.5. The van der Waals surface area contributed by atoms with E-state index in [1.807, 2.05) is 27.7 Å². The van der Waals surface area contributed by atoms with Gasteiger partial charge in [-0.15, -0.1) is 11.3 Å². The van der Waals surface area contributed by atoms with E-state index in [-0.39, 0.29) is 23.2 Å². The molecule has 2 unspecified atom stereocenters. The Morgan fingerprint density at radius 3 is 2.90 bits per heavy atom. The molecule has 118 valence electrons. The van der Waals surface area contributed by atoms with Crippen molar-refractivity contribution >= 4 is 17.2 Å². The van der Waals surface area contributed by atoms with Gasteiger partial charge in [0.25, 0.3) is 0 Å². The monoisotopic (exact) mass is 309 g/mol. The van der Waals surface area contributed by atoms with Crippen LogP contribution in [-0.4, -0.2) is 23.7 Å². The Bertz CT molecular complexity index is 493. The summed E-state index contributed by atoms with van der Waals surface area (Å²) in [5.41, 5.74) is 0.904. The number of aryl methyl sites for hydroxylation is 1. The van der Waals surface area contributed by atoms with Crippen molar-refractivity contribution in [1.82, 2.24) is 5.32 Å². The first-order chi connectivity index (χ1) is 9.83. The molecule has 0 fully saturated rings. The number of hydrogen-bond acceptors (Lipinski definition) is 3. The van der Waals surface area contributed by atoms with Crippen LogP contribution in [0.4, 0.5) is 0 Å². The van der Waals surface area contributed by atoms with Crippen LogP contribution in [0.25, 0.3) is 0 Å². The van der Waals surface area contributed by atoms with E-state index in [2.05, 4.69) is 16.8 Å². The first-order valence-electron chi connectivity index (χ1n) is 7.85. The van der Waals surface area contributed by atoms with Gasteiger partial charge in [0.2, 0.25) is 5.91 Å². The third kappa shape index (κ3) is 3.67. The van der Waals surface area contributed by atoms with Crippen LogP contribution in [0.3, 0.4) is 0 Å². The van der Waals surface area contributed by atoms with Gasteiger partial charge < -0.3 is 10.4 Å². The normalized spacial score (nSPS) is 20.2. The van der Waals surface area contributed by atoms with E-state index in [4.69, 9.17) is 0 Å². The van der Waals surface area contributed by atoms with Gasteiger partial charge >= 0.3 is 0 Å². The lowest BCUT2D eigenvalue weighted by molar-refractivity contribution is -0.123. The summed E-state index contributed by atoms with van der Waals surface area (Å²) in [5.74, 6) is 0.292. The molecule has 0 saturated carbocycles. The quantitative estimate of drug-likeness (QED) is 0.876. The molecule has 2 rings (SSSR count). The van der Waals surface area contributed by atoms with Crippen LogP contribution >= 0.6 is 11.3 Å². The van der Waals surface area contributed by atoms with E-state index in [0.717, 1.165) is 19.3 Å². The van der Waals surface area contributed by atoms with E-state index in [1.165, 1.54) is 10.4 Å². The zero-order chi connectivity index (χ0) is 15.6. The second kappa shape index (κ2) is 6.49. The van der Waals surface area contributed by atoms with Crippen molar-refractivity contribution in [3.05, 3.63) is 21.9 Å². The second-order valence-electron chi connectivity index (χ2n) is 7.14. The molecule has 1 aromatic heterocycles. The fourth-order valence-electron chi connectivity index (χ4n) is 3.20. The number of hydrogen-bond donors (Lipinski definition) is 2. The molecule has 0 bridgehead atoms. The number of carbonyl (C=O) groups is 1. The minimum Gasteiger partial charge on any atom is -0.392 e. The lowest BCUT2D eigenvalue weighted by atomic mass is 9.80. The average Bonchev–Trinajstić information content (AvgIpc) is 2.92. The van der Waals surface area contributed by atoms with Gasteiger partial charge in [-0.2, -0.15) is 0 Å². The summed E-state index contributed by atoms with van der Waals surface area (Å²) in [6.07, 6.45) is 2.71. The summed E-state index contributed by atoms with van der Waals surface area (Å²) in [4.78, 5) is 13.9. The molecule has 0 aromatic carbocycles. The van der Waals surface area contributed by atoms with E-state index in [1.54, 1.807) is 11.3 Å². The van der Waals surface area contributed by atoms with Gasteiger partial charge in [0, 0.05) is 16.8 Å². The first kappa shape index (κ1) is 16.5. The minimum absolute atomic E-state index is 0.00741. The number of carbonyl (C=O) groups excluding carboxylic acids is 1. The molecule has 1 aliphatic rings. The van der Waals surface area contributed by atoms with E-state index in [0.29, 0.717) is 6.54 Å². The van der Waals surface area contributed by atoms with Crippen molar-refractivity contribution in [2.75, 3.05) is 6.54 Å². The van der Waals surface area contributed by atoms with Crippen molar-refractivity contribution in [2.45, 2.75) is 59.0 Å². The highest BCUT2D eigenvalue weighted by Gasteiger charge is 2.32. The molecular weight excluding hydrogens is 282 g/mol. The van der Waals surface area contributed by atoms with Crippen LogP contribution in [0.2, 0.25) is 0 Å². The van der Waals surface area contributed by atoms with Crippen LogP contribution < -0.4 is 5.32 Å². The van der Waals surface area contributed by atoms with Gasteiger partial charge in [0.15, 0.2) is 0 Å². The van der Waals surface area contributed by atoms with Gasteiger partial charge in [0.1, 0.15) is 0 Å². The Balaban J connectivity index is 1.98. The standard InChI is InChI=1S/C17H27NO2S/c1-11(2)15(19)17(3,4)10-18-16(20)13-6-5-7-14-12(13)8-9-21-14/h8-9,11,13,15,19H,5-7,10H2,1-4H3,(H,18,20). The fourth-order valence-corrected chi connectivity index (χ4v) is 4.19. The Hall–Kier alpha value is -0.870. The van der Waals surface area contributed by atoms with Gasteiger partial charge in [-0.1, -0.05) is 27.7 Å². The van der Waals surface area contributed by atoms with Crippen LogP contribution in [0.15, 0.2) is 11.4 Å². The smallest absolute Gasteiger partial charge is 0.227 e. The first-order valence-corrected chi connectivity index (χ1v) is 8.73. The van der Waals surface area contributed by atoms with Crippen LogP contribution in [0.5, 0.6) is 0 Å². The zero-order valence-corrected chi connectivity index (χ0v) is 14.3. The molecule has 1 aromatic rings. The fraction of sp³-hybridized carbons (Fsp3) is 0.706. The molecule has 21 heavy (non-hydrogen) atoms. The summed E-state index contributed by atoms with van der Waals surface area (Å²) < 4.78 is 0. The summed E-state index contributed by atoms with van der Waals surface area (Å²) in [5, 5.41) is 15.4. The highest BCUT2D eigenvalue weighted by atomic mass is 32.1. The van der Waals surface area contributed by atoms with Gasteiger partial charge in [-0.3, -0.25) is 4.79 Å². The Labute approximate surface area is 131 Å². The highest BCUT2D eigenvalue weighted by Crippen LogP contribution is 2.35. The number of aliphatic hydroxyl groups excluding tert-OH is 1. The molecule has 2 atom stereocenters. The van der Waals surface area contributed by atoms with E-state index in [9.17, 15) is 9.90 Å². The number of aliphatic hydroxyl groups is 1. The van der Waals surface area contributed by atoms with Crippen molar-refractivity contribution in [3.63, 3.8) is 0 Å². The third-order valence-corrected chi connectivity index (χ3v) is 5.52. The second-order valence-corrected chi connectivity index (χ2v) is 8.14. The molecular formula is C17H27NO2S. The maximum atomic E-state index is 12.5. The molecule has 0 aliphatic heterocycles. The molecule has 1 heterocycles.